The van der Waals surface area contributed by atoms with E-state index in [0.717, 1.165) is 28.1 Å². The smallest absolute Gasteiger partial charge is 0.271 e. The summed E-state index contributed by atoms with van der Waals surface area (Å²) in [6, 6.07) is 19.4. The quantitative estimate of drug-likeness (QED) is 0.402. The van der Waals surface area contributed by atoms with Gasteiger partial charge in [0.1, 0.15) is 0 Å². The lowest BCUT2D eigenvalue weighted by molar-refractivity contribution is -0.113. The molecule has 1 aliphatic heterocycles. The van der Waals surface area contributed by atoms with Gasteiger partial charge in [-0.05, 0) is 73.6 Å². The molecule has 174 valence electrons. The summed E-state index contributed by atoms with van der Waals surface area (Å²) in [6.07, 6.45) is 1.82. The van der Waals surface area contributed by atoms with Crippen LogP contribution in [0, 0.1) is 13.8 Å². The highest BCUT2D eigenvalue weighted by atomic mass is 32.2. The van der Waals surface area contributed by atoms with Crippen LogP contribution in [-0.4, -0.2) is 32.4 Å². The van der Waals surface area contributed by atoms with E-state index in [0.29, 0.717) is 27.3 Å². The van der Waals surface area contributed by atoms with Crippen molar-refractivity contribution < 1.29 is 19.0 Å². The molecular formula is C27H26N2O4S. The van der Waals surface area contributed by atoms with E-state index in [1.165, 1.54) is 11.8 Å². The van der Waals surface area contributed by atoms with Gasteiger partial charge in [0.05, 0.1) is 37.6 Å². The Balaban J connectivity index is 1.79. The van der Waals surface area contributed by atoms with E-state index < -0.39 is 0 Å². The number of aryl methyl sites for hydroxylation is 2. The Labute approximate surface area is 203 Å². The molecule has 0 radical (unpaired) electrons. The number of nitrogens with zero attached hydrogens (tertiary/aromatic N) is 2. The number of hydrogen-bond acceptors (Lipinski definition) is 6. The highest BCUT2D eigenvalue weighted by molar-refractivity contribution is 8.19. The highest BCUT2D eigenvalue weighted by Crippen LogP contribution is 2.41. The average Bonchev–Trinajstić information content (AvgIpc) is 3.14. The van der Waals surface area contributed by atoms with Crippen molar-refractivity contribution >= 4 is 40.3 Å². The van der Waals surface area contributed by atoms with Crippen molar-refractivity contribution in [3.05, 3.63) is 82.3 Å². The zero-order valence-electron chi connectivity index (χ0n) is 19.8. The molecule has 0 aliphatic carbocycles. The molecule has 1 heterocycles. The number of benzene rings is 3. The van der Waals surface area contributed by atoms with Gasteiger partial charge in [-0.25, -0.2) is 4.99 Å². The fraction of sp³-hybridized carbons (Fsp3) is 0.185. The fourth-order valence-electron chi connectivity index (χ4n) is 3.54. The second-order valence-electron chi connectivity index (χ2n) is 7.78. The lowest BCUT2D eigenvalue weighted by atomic mass is 10.1. The molecule has 34 heavy (non-hydrogen) atoms. The number of rotatable bonds is 6. The van der Waals surface area contributed by atoms with Gasteiger partial charge in [-0.15, -0.1) is 0 Å². The van der Waals surface area contributed by atoms with Gasteiger partial charge in [0.15, 0.2) is 16.7 Å². The van der Waals surface area contributed by atoms with Crippen molar-refractivity contribution in [2.75, 3.05) is 26.2 Å². The van der Waals surface area contributed by atoms with Gasteiger partial charge in [-0.2, -0.15) is 0 Å². The Morgan fingerprint density at radius 1 is 0.824 bits per heavy atom. The molecule has 3 aromatic rings. The molecule has 0 bridgehead atoms. The normalized spacial score (nSPS) is 15.8. The Kier molecular flexibility index (Phi) is 6.93. The largest absolute Gasteiger partial charge is 0.493 e. The molecule has 0 saturated carbocycles. The Morgan fingerprint density at radius 3 is 1.91 bits per heavy atom. The number of carbonyl (C=O) groups is 1. The van der Waals surface area contributed by atoms with Gasteiger partial charge in [0, 0.05) is 0 Å². The third kappa shape index (κ3) is 4.79. The van der Waals surface area contributed by atoms with Crippen molar-refractivity contribution in [3.63, 3.8) is 0 Å². The molecule has 1 saturated heterocycles. The molecule has 3 aromatic carbocycles. The van der Waals surface area contributed by atoms with Gasteiger partial charge >= 0.3 is 0 Å². The zero-order chi connectivity index (χ0) is 24.2. The summed E-state index contributed by atoms with van der Waals surface area (Å²) in [5, 5.41) is 0.594. The lowest BCUT2D eigenvalue weighted by Gasteiger charge is -2.16. The van der Waals surface area contributed by atoms with Crippen LogP contribution in [0.4, 0.5) is 11.4 Å². The number of thioether (sulfide) groups is 1. The number of methoxy groups -OCH3 is 3. The summed E-state index contributed by atoms with van der Waals surface area (Å²) >= 11 is 1.33. The monoisotopic (exact) mass is 474 g/mol. The lowest BCUT2D eigenvalue weighted by Crippen LogP contribution is -2.28. The van der Waals surface area contributed by atoms with Crippen LogP contribution in [-0.2, 0) is 4.79 Å². The average molecular weight is 475 g/mol. The first kappa shape index (κ1) is 23.4. The fourth-order valence-corrected chi connectivity index (χ4v) is 4.54. The topological polar surface area (TPSA) is 60.4 Å². The van der Waals surface area contributed by atoms with Crippen LogP contribution in [0.5, 0.6) is 17.2 Å². The summed E-state index contributed by atoms with van der Waals surface area (Å²) in [6.45, 7) is 4.04. The minimum absolute atomic E-state index is 0.145. The third-order valence-corrected chi connectivity index (χ3v) is 6.31. The van der Waals surface area contributed by atoms with Crippen molar-refractivity contribution in [1.82, 2.24) is 0 Å². The molecule has 0 aromatic heterocycles. The number of carbonyl (C=O) groups excluding carboxylic acids is 1. The van der Waals surface area contributed by atoms with E-state index in [9.17, 15) is 4.79 Å². The maximum absolute atomic E-state index is 13.6. The van der Waals surface area contributed by atoms with Crippen LogP contribution in [0.25, 0.3) is 6.08 Å². The SMILES string of the molecule is COc1cc(/C=C2/SC(=Nc3ccc(C)cc3)N(c3ccc(C)cc3)C2=O)cc(OC)c1OC. The van der Waals surface area contributed by atoms with Crippen LogP contribution >= 0.6 is 11.8 Å². The van der Waals surface area contributed by atoms with E-state index in [-0.39, 0.29) is 5.91 Å². The minimum atomic E-state index is -0.145. The minimum Gasteiger partial charge on any atom is -0.493 e. The van der Waals surface area contributed by atoms with Crippen LogP contribution in [0.15, 0.2) is 70.6 Å². The van der Waals surface area contributed by atoms with E-state index in [2.05, 4.69) is 0 Å². The van der Waals surface area contributed by atoms with Crippen LogP contribution in [0.3, 0.4) is 0 Å². The van der Waals surface area contributed by atoms with Crippen LogP contribution < -0.4 is 19.1 Å². The van der Waals surface area contributed by atoms with Crippen molar-refractivity contribution in [3.8, 4) is 17.2 Å². The van der Waals surface area contributed by atoms with Crippen molar-refractivity contribution in [2.45, 2.75) is 13.8 Å². The van der Waals surface area contributed by atoms with Gasteiger partial charge in [0.25, 0.3) is 5.91 Å². The highest BCUT2D eigenvalue weighted by Gasteiger charge is 2.35. The molecule has 0 N–H and O–H groups in total. The first-order chi connectivity index (χ1) is 16.4. The first-order valence-electron chi connectivity index (χ1n) is 10.7. The zero-order valence-corrected chi connectivity index (χ0v) is 20.6. The van der Waals surface area contributed by atoms with Crippen molar-refractivity contribution in [2.24, 2.45) is 4.99 Å². The molecule has 6 nitrogen and oxygen atoms in total. The van der Waals surface area contributed by atoms with E-state index >= 15 is 0 Å². The van der Waals surface area contributed by atoms with Crippen molar-refractivity contribution in [1.29, 1.82) is 0 Å². The third-order valence-electron chi connectivity index (χ3n) is 5.34. The molecule has 0 spiro atoms. The number of anilines is 1. The van der Waals surface area contributed by atoms with E-state index in [4.69, 9.17) is 19.2 Å². The van der Waals surface area contributed by atoms with Gasteiger partial charge in [-0.3, -0.25) is 9.69 Å². The number of ether oxygens (including phenoxy) is 3. The summed E-state index contributed by atoms with van der Waals surface area (Å²) in [5.74, 6) is 1.40. The molecular weight excluding hydrogens is 448 g/mol. The maximum Gasteiger partial charge on any atom is 0.271 e. The van der Waals surface area contributed by atoms with Gasteiger partial charge < -0.3 is 14.2 Å². The Hall–Kier alpha value is -3.71. The first-order valence-corrected chi connectivity index (χ1v) is 11.5. The summed E-state index contributed by atoms with van der Waals surface area (Å²) in [7, 11) is 4.69. The molecule has 7 heteroatoms. The summed E-state index contributed by atoms with van der Waals surface area (Å²) < 4.78 is 16.3. The summed E-state index contributed by atoms with van der Waals surface area (Å²) in [5.41, 5.74) is 4.57. The van der Waals surface area contributed by atoms with Gasteiger partial charge in [0.2, 0.25) is 5.75 Å². The number of amidine groups is 1. The van der Waals surface area contributed by atoms with Gasteiger partial charge in [-0.1, -0.05) is 35.4 Å². The maximum atomic E-state index is 13.6. The number of hydrogen-bond donors (Lipinski definition) is 0. The number of aliphatic imine (C=N–C) groups is 1. The second-order valence-corrected chi connectivity index (χ2v) is 8.78. The van der Waals surface area contributed by atoms with E-state index in [1.807, 2.05) is 80.6 Å². The summed E-state index contributed by atoms with van der Waals surface area (Å²) in [4.78, 5) is 20.5. The Bertz CT molecular complexity index is 1240. The molecule has 1 aliphatic rings. The second kappa shape index (κ2) is 10.1. The molecule has 0 unspecified atom stereocenters. The Morgan fingerprint density at radius 2 is 1.38 bits per heavy atom. The van der Waals surface area contributed by atoms with E-state index in [1.54, 1.807) is 26.2 Å². The standard InChI is InChI=1S/C27H26N2O4S/c1-17-6-10-20(11-7-17)28-27-29(21-12-8-18(2)9-13-21)26(30)24(34-27)16-19-14-22(31-3)25(33-5)23(15-19)32-4/h6-16H,1-5H3/b24-16+,28-27?. The number of amides is 1. The molecule has 1 amide bonds. The molecule has 4 rings (SSSR count). The molecule has 1 fully saturated rings. The van der Waals surface area contributed by atoms with Crippen LogP contribution in [0.2, 0.25) is 0 Å². The predicted molar refractivity (Wildman–Crippen MR) is 139 cm³/mol. The predicted octanol–water partition coefficient (Wildman–Crippen LogP) is 6.14. The molecule has 0 atom stereocenters. The van der Waals surface area contributed by atoms with Crippen LogP contribution in [0.1, 0.15) is 16.7 Å².